The van der Waals surface area contributed by atoms with Gasteiger partial charge in [-0.2, -0.15) is 0 Å². The van der Waals surface area contributed by atoms with Crippen LogP contribution in [0.3, 0.4) is 0 Å². The number of amides is 3. The molecule has 0 aromatic heterocycles. The number of ether oxygens (including phenoxy) is 1. The molecule has 0 aliphatic carbocycles. The second kappa shape index (κ2) is 8.81. The summed E-state index contributed by atoms with van der Waals surface area (Å²) in [6.45, 7) is 3.32. The van der Waals surface area contributed by atoms with Crippen molar-refractivity contribution in [2.45, 2.75) is 44.4 Å². The summed E-state index contributed by atoms with van der Waals surface area (Å²) in [5, 5.41) is 11.5. The van der Waals surface area contributed by atoms with Crippen LogP contribution in [-0.2, 0) is 25.7 Å². The fraction of sp³-hybridized carbons (Fsp3) is 0.550. The van der Waals surface area contributed by atoms with Gasteiger partial charge in [-0.1, -0.05) is 31.2 Å². The van der Waals surface area contributed by atoms with E-state index in [1.165, 1.54) is 0 Å². The van der Waals surface area contributed by atoms with E-state index in [4.69, 9.17) is 4.74 Å². The van der Waals surface area contributed by atoms with Crippen LogP contribution in [0.2, 0.25) is 0 Å². The number of imide groups is 1. The molecule has 1 aromatic rings. The summed E-state index contributed by atoms with van der Waals surface area (Å²) in [5.74, 6) is -1.40. The summed E-state index contributed by atoms with van der Waals surface area (Å²) in [4.78, 5) is 38.3. The molecule has 8 heteroatoms. The average molecular weight is 388 g/mol. The molecule has 0 bridgehead atoms. The van der Waals surface area contributed by atoms with Gasteiger partial charge in [0.25, 0.3) is 5.91 Å². The topological polar surface area (TPSA) is 109 Å². The van der Waals surface area contributed by atoms with Gasteiger partial charge in [0, 0.05) is 32.1 Å². The molecule has 1 fully saturated rings. The highest BCUT2D eigenvalue weighted by Crippen LogP contribution is 2.28. The molecule has 1 saturated heterocycles. The highest BCUT2D eigenvalue weighted by atomic mass is 16.5. The quantitative estimate of drug-likeness (QED) is 0.524. The molecule has 0 radical (unpaired) electrons. The lowest BCUT2D eigenvalue weighted by atomic mass is 9.84. The van der Waals surface area contributed by atoms with Gasteiger partial charge in [-0.15, -0.1) is 0 Å². The van der Waals surface area contributed by atoms with Gasteiger partial charge >= 0.3 is 0 Å². The molecule has 3 rings (SSSR count). The number of hydrogen-bond donors (Lipinski definition) is 4. The van der Waals surface area contributed by atoms with Gasteiger partial charge in [0.2, 0.25) is 11.8 Å². The standard InChI is InChI=1S/C20H28N4O4/c1-3-16(25)24-20(21-2,14-8-10-28-11-9-14)19(27)23-18(26)17-15-7-5-4-6-13(15)12-22-17/h4-7,14,17,21-22H,3,8-12H2,1-2H3,(H,24,25)(H,23,26,27). The van der Waals surface area contributed by atoms with E-state index in [1.807, 2.05) is 24.3 Å². The number of hydrogen-bond acceptors (Lipinski definition) is 6. The van der Waals surface area contributed by atoms with Crippen molar-refractivity contribution in [2.75, 3.05) is 20.3 Å². The summed E-state index contributed by atoms with van der Waals surface area (Å²) in [6.07, 6.45) is 1.46. The molecule has 2 aliphatic rings. The molecule has 2 aliphatic heterocycles. The maximum atomic E-state index is 13.2. The first-order valence-corrected chi connectivity index (χ1v) is 9.76. The molecule has 1 aromatic carbocycles. The lowest BCUT2D eigenvalue weighted by Crippen LogP contribution is -2.71. The van der Waals surface area contributed by atoms with Gasteiger partial charge in [0.1, 0.15) is 6.04 Å². The van der Waals surface area contributed by atoms with Crippen molar-refractivity contribution in [1.82, 2.24) is 21.3 Å². The van der Waals surface area contributed by atoms with Crippen LogP contribution in [0.4, 0.5) is 0 Å². The third-order valence-corrected chi connectivity index (χ3v) is 5.61. The van der Waals surface area contributed by atoms with Crippen LogP contribution in [0.15, 0.2) is 24.3 Å². The minimum atomic E-state index is -1.36. The van der Waals surface area contributed by atoms with Gasteiger partial charge in [0.15, 0.2) is 5.66 Å². The summed E-state index contributed by atoms with van der Waals surface area (Å²) in [7, 11) is 1.62. The van der Waals surface area contributed by atoms with Crippen molar-refractivity contribution in [3.8, 4) is 0 Å². The van der Waals surface area contributed by atoms with E-state index in [0.717, 1.165) is 11.1 Å². The Morgan fingerprint density at radius 3 is 2.61 bits per heavy atom. The highest BCUT2D eigenvalue weighted by Gasteiger charge is 2.47. The lowest BCUT2D eigenvalue weighted by Gasteiger charge is -2.41. The normalized spacial score (nSPS) is 21.4. The molecular formula is C20H28N4O4. The average Bonchev–Trinajstić information content (AvgIpc) is 3.16. The zero-order valence-electron chi connectivity index (χ0n) is 16.3. The molecule has 28 heavy (non-hydrogen) atoms. The second-order valence-corrected chi connectivity index (χ2v) is 7.18. The summed E-state index contributed by atoms with van der Waals surface area (Å²) in [5.41, 5.74) is 0.551. The van der Waals surface area contributed by atoms with Gasteiger partial charge in [0.05, 0.1) is 0 Å². The maximum Gasteiger partial charge on any atom is 0.267 e. The Labute approximate surface area is 164 Å². The van der Waals surface area contributed by atoms with E-state index >= 15 is 0 Å². The Bertz CT molecular complexity index is 747. The Morgan fingerprint density at radius 2 is 1.93 bits per heavy atom. The van der Waals surface area contributed by atoms with Crippen molar-refractivity contribution in [3.05, 3.63) is 35.4 Å². The van der Waals surface area contributed by atoms with Gasteiger partial charge < -0.3 is 10.1 Å². The fourth-order valence-electron chi connectivity index (χ4n) is 3.98. The first kappa shape index (κ1) is 20.4. The van der Waals surface area contributed by atoms with Crippen molar-refractivity contribution in [2.24, 2.45) is 5.92 Å². The van der Waals surface area contributed by atoms with E-state index in [1.54, 1.807) is 14.0 Å². The fourth-order valence-corrected chi connectivity index (χ4v) is 3.98. The number of carbonyl (C=O) groups excluding carboxylic acids is 3. The summed E-state index contributed by atoms with van der Waals surface area (Å²) >= 11 is 0. The molecule has 2 heterocycles. The van der Waals surface area contributed by atoms with Crippen LogP contribution in [-0.4, -0.2) is 43.6 Å². The largest absolute Gasteiger partial charge is 0.381 e. The van der Waals surface area contributed by atoms with Gasteiger partial charge in [-0.25, -0.2) is 0 Å². The monoisotopic (exact) mass is 388 g/mol. The lowest BCUT2D eigenvalue weighted by molar-refractivity contribution is -0.143. The predicted octanol–water partition coefficient (Wildman–Crippen LogP) is 0.342. The summed E-state index contributed by atoms with van der Waals surface area (Å²) < 4.78 is 5.40. The molecule has 0 saturated carbocycles. The highest BCUT2D eigenvalue weighted by molar-refractivity contribution is 6.03. The van der Waals surface area contributed by atoms with Crippen LogP contribution in [0, 0.1) is 5.92 Å². The molecule has 0 spiro atoms. The van der Waals surface area contributed by atoms with Crippen molar-refractivity contribution < 1.29 is 19.1 Å². The second-order valence-electron chi connectivity index (χ2n) is 7.18. The van der Waals surface area contributed by atoms with E-state index in [0.29, 0.717) is 32.6 Å². The van der Waals surface area contributed by atoms with Gasteiger partial charge in [-0.3, -0.25) is 30.3 Å². The minimum absolute atomic E-state index is 0.182. The Morgan fingerprint density at radius 1 is 1.21 bits per heavy atom. The molecule has 8 nitrogen and oxygen atoms in total. The van der Waals surface area contributed by atoms with Crippen LogP contribution in [0.25, 0.3) is 0 Å². The smallest absolute Gasteiger partial charge is 0.267 e. The van der Waals surface area contributed by atoms with Crippen molar-refractivity contribution in [1.29, 1.82) is 0 Å². The third-order valence-electron chi connectivity index (χ3n) is 5.61. The number of likely N-dealkylation sites (N-methyl/N-ethyl adjacent to an activating group) is 1. The Kier molecular flexibility index (Phi) is 6.43. The number of fused-ring (bicyclic) bond motifs is 1. The van der Waals surface area contributed by atoms with E-state index in [9.17, 15) is 14.4 Å². The summed E-state index contributed by atoms with van der Waals surface area (Å²) in [6, 6.07) is 7.04. The van der Waals surface area contributed by atoms with E-state index < -0.39 is 23.5 Å². The zero-order chi connectivity index (χ0) is 20.1. The van der Waals surface area contributed by atoms with Crippen LogP contribution in [0.1, 0.15) is 43.4 Å². The minimum Gasteiger partial charge on any atom is -0.381 e. The molecule has 3 amide bonds. The van der Waals surface area contributed by atoms with Crippen LogP contribution < -0.4 is 21.3 Å². The van der Waals surface area contributed by atoms with E-state index in [-0.39, 0.29) is 18.2 Å². The molecule has 152 valence electrons. The van der Waals surface area contributed by atoms with E-state index in [2.05, 4.69) is 21.3 Å². The first-order chi connectivity index (χ1) is 13.5. The van der Waals surface area contributed by atoms with Gasteiger partial charge in [-0.05, 0) is 31.0 Å². The molecular weight excluding hydrogens is 360 g/mol. The number of nitrogens with one attached hydrogen (secondary N) is 4. The predicted molar refractivity (Wildman–Crippen MR) is 103 cm³/mol. The molecule has 2 unspecified atom stereocenters. The Balaban J connectivity index is 1.80. The molecule has 2 atom stereocenters. The Hall–Kier alpha value is -2.29. The third kappa shape index (κ3) is 3.94. The van der Waals surface area contributed by atoms with Crippen molar-refractivity contribution >= 4 is 17.7 Å². The SMILES string of the molecule is CCC(=O)NC(NC)(C(=O)NC(=O)C1NCc2ccccc21)C1CCOCC1. The van der Waals surface area contributed by atoms with Crippen LogP contribution in [0.5, 0.6) is 0 Å². The maximum absolute atomic E-state index is 13.2. The van der Waals surface area contributed by atoms with Crippen LogP contribution >= 0.6 is 0 Å². The number of rotatable bonds is 6. The first-order valence-electron chi connectivity index (χ1n) is 9.76. The molecule has 4 N–H and O–H groups in total. The van der Waals surface area contributed by atoms with Crippen molar-refractivity contribution in [3.63, 3.8) is 0 Å². The zero-order valence-corrected chi connectivity index (χ0v) is 16.3. The number of benzene rings is 1. The number of carbonyl (C=O) groups is 3.